The van der Waals surface area contributed by atoms with Crippen LogP contribution in [0.15, 0.2) is 42.6 Å². The molecular formula is C19H21ClN2O3. The maximum absolute atomic E-state index is 12.4. The molecule has 1 aromatic heterocycles. The third kappa shape index (κ3) is 4.79. The number of carbonyl (C=O) groups is 2. The van der Waals surface area contributed by atoms with Crippen LogP contribution in [0.1, 0.15) is 49.0 Å². The fourth-order valence-electron chi connectivity index (χ4n) is 2.31. The summed E-state index contributed by atoms with van der Waals surface area (Å²) in [7, 11) is 0. The molecule has 0 aliphatic rings. The van der Waals surface area contributed by atoms with E-state index in [1.165, 1.54) is 19.2 Å². The normalized spacial score (nSPS) is 13.0. The molecule has 2 rings (SSSR count). The lowest BCUT2D eigenvalue weighted by Crippen LogP contribution is -2.30. The van der Waals surface area contributed by atoms with Crippen LogP contribution >= 0.6 is 11.6 Å². The molecule has 0 saturated carbocycles. The fraction of sp³-hybridized carbons (Fsp3) is 0.316. The maximum Gasteiger partial charge on any atom is 0.342 e. The van der Waals surface area contributed by atoms with Crippen LogP contribution in [0.5, 0.6) is 0 Å². The number of amides is 1. The molecule has 1 aromatic carbocycles. The second-order valence-corrected chi connectivity index (χ2v) is 6.13. The van der Waals surface area contributed by atoms with Crippen LogP contribution in [0.25, 0.3) is 0 Å². The van der Waals surface area contributed by atoms with Crippen molar-refractivity contribution in [1.82, 2.24) is 4.98 Å². The molecule has 0 fully saturated rings. The van der Waals surface area contributed by atoms with Gasteiger partial charge in [0.05, 0.1) is 5.56 Å². The number of nitrogens with one attached hydrogen (secondary N) is 1. The van der Waals surface area contributed by atoms with Gasteiger partial charge in [0.2, 0.25) is 0 Å². The van der Waals surface area contributed by atoms with Crippen LogP contribution in [0.3, 0.4) is 0 Å². The zero-order valence-corrected chi connectivity index (χ0v) is 15.2. The van der Waals surface area contributed by atoms with Gasteiger partial charge < -0.3 is 10.1 Å². The van der Waals surface area contributed by atoms with Crippen LogP contribution in [0, 0.1) is 0 Å². The highest BCUT2D eigenvalue weighted by molar-refractivity contribution is 6.32. The van der Waals surface area contributed by atoms with Crippen molar-refractivity contribution >= 4 is 29.2 Å². The third-order valence-electron chi connectivity index (χ3n) is 3.99. The number of nitrogens with zero attached hydrogens (tertiary/aromatic N) is 1. The molecule has 132 valence electrons. The molecule has 1 amide bonds. The van der Waals surface area contributed by atoms with Crippen LogP contribution < -0.4 is 5.32 Å². The first-order valence-corrected chi connectivity index (χ1v) is 8.53. The molecule has 6 heteroatoms. The number of hydrogen-bond donors (Lipinski definition) is 1. The Hall–Kier alpha value is -2.40. The van der Waals surface area contributed by atoms with E-state index in [4.69, 9.17) is 16.3 Å². The second kappa shape index (κ2) is 8.62. The minimum absolute atomic E-state index is 0.0437. The zero-order chi connectivity index (χ0) is 18.4. The molecule has 0 bridgehead atoms. The Labute approximate surface area is 152 Å². The Bertz CT molecular complexity index is 764. The summed E-state index contributed by atoms with van der Waals surface area (Å²) in [5, 5.41) is 2.88. The average Bonchev–Trinajstić information content (AvgIpc) is 2.61. The van der Waals surface area contributed by atoms with Gasteiger partial charge in [-0.2, -0.15) is 0 Å². The first-order chi connectivity index (χ1) is 11.9. The lowest BCUT2D eigenvalue weighted by atomic mass is 9.97. The van der Waals surface area contributed by atoms with Gasteiger partial charge in [0, 0.05) is 11.9 Å². The van der Waals surface area contributed by atoms with Gasteiger partial charge in [-0.1, -0.05) is 43.6 Å². The van der Waals surface area contributed by atoms with Crippen molar-refractivity contribution in [2.45, 2.75) is 39.2 Å². The van der Waals surface area contributed by atoms with E-state index in [1.807, 2.05) is 24.3 Å². The average molecular weight is 361 g/mol. The minimum atomic E-state index is -0.964. The number of benzene rings is 1. The number of halogens is 1. The fourth-order valence-corrected chi connectivity index (χ4v) is 2.51. The number of esters is 1. The van der Waals surface area contributed by atoms with Crippen LogP contribution in [0.2, 0.25) is 5.15 Å². The number of aromatic nitrogens is 1. The summed E-state index contributed by atoms with van der Waals surface area (Å²) in [5.41, 5.74) is 1.90. The van der Waals surface area contributed by atoms with Crippen molar-refractivity contribution in [3.8, 4) is 0 Å². The van der Waals surface area contributed by atoms with Gasteiger partial charge in [0.1, 0.15) is 5.15 Å². The Morgan fingerprint density at radius 3 is 2.60 bits per heavy atom. The molecular weight excluding hydrogens is 340 g/mol. The standard InChI is InChI=1S/C19H21ClN2O3/c1-4-12(2)14-8-5-6-10-16(14)22-18(23)13(3)25-19(24)15-9-7-11-21-17(15)20/h5-13H,4H2,1-3H3,(H,22,23)/t12-,13-/m1/s1. The number of para-hydroxylation sites is 1. The zero-order valence-electron chi connectivity index (χ0n) is 14.5. The smallest absolute Gasteiger partial charge is 0.342 e. The van der Waals surface area contributed by atoms with Gasteiger partial charge >= 0.3 is 5.97 Å². The first-order valence-electron chi connectivity index (χ1n) is 8.15. The quantitative estimate of drug-likeness (QED) is 0.611. The summed E-state index contributed by atoms with van der Waals surface area (Å²) in [5.74, 6) is -0.774. The van der Waals surface area contributed by atoms with E-state index in [2.05, 4.69) is 24.1 Å². The van der Waals surface area contributed by atoms with Crippen molar-refractivity contribution in [2.75, 3.05) is 5.32 Å². The molecule has 1 N–H and O–H groups in total. The Balaban J connectivity index is 2.06. The van der Waals surface area contributed by atoms with E-state index in [0.717, 1.165) is 17.7 Å². The van der Waals surface area contributed by atoms with Crippen LogP contribution in [-0.2, 0) is 9.53 Å². The molecule has 0 radical (unpaired) electrons. The van der Waals surface area contributed by atoms with Crippen molar-refractivity contribution in [3.05, 3.63) is 58.9 Å². The Morgan fingerprint density at radius 2 is 1.92 bits per heavy atom. The monoisotopic (exact) mass is 360 g/mol. The summed E-state index contributed by atoms with van der Waals surface area (Å²) in [6.07, 6.45) is 1.46. The largest absolute Gasteiger partial charge is 0.449 e. The van der Waals surface area contributed by atoms with Gasteiger partial charge in [0.15, 0.2) is 6.10 Å². The molecule has 0 aliphatic carbocycles. The lowest BCUT2D eigenvalue weighted by molar-refractivity contribution is -0.123. The van der Waals surface area contributed by atoms with Crippen LogP contribution in [0.4, 0.5) is 5.69 Å². The molecule has 25 heavy (non-hydrogen) atoms. The summed E-state index contributed by atoms with van der Waals surface area (Å²) >= 11 is 5.87. The Kier molecular flexibility index (Phi) is 6.53. The Morgan fingerprint density at radius 1 is 1.20 bits per heavy atom. The van der Waals surface area contributed by atoms with E-state index in [1.54, 1.807) is 6.07 Å². The van der Waals surface area contributed by atoms with E-state index in [0.29, 0.717) is 5.92 Å². The lowest BCUT2D eigenvalue weighted by Gasteiger charge is -2.18. The van der Waals surface area contributed by atoms with Crippen molar-refractivity contribution in [2.24, 2.45) is 0 Å². The molecule has 0 saturated heterocycles. The first kappa shape index (κ1) is 18.9. The van der Waals surface area contributed by atoms with E-state index < -0.39 is 18.0 Å². The van der Waals surface area contributed by atoms with E-state index >= 15 is 0 Å². The number of rotatable bonds is 6. The van der Waals surface area contributed by atoms with E-state index in [9.17, 15) is 9.59 Å². The maximum atomic E-state index is 12.4. The molecule has 0 aliphatic heterocycles. The molecule has 0 unspecified atom stereocenters. The summed E-state index contributed by atoms with van der Waals surface area (Å²) in [4.78, 5) is 28.3. The highest BCUT2D eigenvalue weighted by atomic mass is 35.5. The SMILES string of the molecule is CC[C@@H](C)c1ccccc1NC(=O)[C@@H](C)OC(=O)c1cccnc1Cl. The van der Waals surface area contributed by atoms with Gasteiger partial charge in [-0.15, -0.1) is 0 Å². The van der Waals surface area contributed by atoms with E-state index in [-0.39, 0.29) is 10.7 Å². The van der Waals surface area contributed by atoms with Crippen molar-refractivity contribution < 1.29 is 14.3 Å². The van der Waals surface area contributed by atoms with Crippen LogP contribution in [-0.4, -0.2) is 23.0 Å². The highest BCUT2D eigenvalue weighted by Crippen LogP contribution is 2.26. The highest BCUT2D eigenvalue weighted by Gasteiger charge is 2.22. The number of hydrogen-bond acceptors (Lipinski definition) is 4. The summed E-state index contributed by atoms with van der Waals surface area (Å²) < 4.78 is 5.20. The number of carbonyl (C=O) groups excluding carboxylic acids is 2. The second-order valence-electron chi connectivity index (χ2n) is 5.78. The van der Waals surface area contributed by atoms with Gasteiger partial charge in [-0.05, 0) is 43.0 Å². The predicted molar refractivity (Wildman–Crippen MR) is 97.9 cm³/mol. The number of pyridine rings is 1. The molecule has 2 aromatic rings. The van der Waals surface area contributed by atoms with Crippen molar-refractivity contribution in [3.63, 3.8) is 0 Å². The summed E-state index contributed by atoms with van der Waals surface area (Å²) in [6, 6.07) is 10.7. The molecule has 0 spiro atoms. The number of anilines is 1. The summed E-state index contributed by atoms with van der Waals surface area (Å²) in [6.45, 7) is 5.70. The number of ether oxygens (including phenoxy) is 1. The van der Waals surface area contributed by atoms with Crippen molar-refractivity contribution in [1.29, 1.82) is 0 Å². The van der Waals surface area contributed by atoms with Gasteiger partial charge in [-0.3, -0.25) is 4.79 Å². The molecule has 2 atom stereocenters. The van der Waals surface area contributed by atoms with Gasteiger partial charge in [-0.25, -0.2) is 9.78 Å². The predicted octanol–water partition coefficient (Wildman–Crippen LogP) is 4.43. The van der Waals surface area contributed by atoms with Gasteiger partial charge in [0.25, 0.3) is 5.91 Å². The topological polar surface area (TPSA) is 68.3 Å². The molecule has 5 nitrogen and oxygen atoms in total. The third-order valence-corrected chi connectivity index (χ3v) is 4.30. The minimum Gasteiger partial charge on any atom is -0.449 e. The molecule has 1 heterocycles.